The third-order valence-corrected chi connectivity index (χ3v) is 3.61. The van der Waals surface area contributed by atoms with E-state index in [0.29, 0.717) is 15.0 Å². The van der Waals surface area contributed by atoms with Crippen LogP contribution in [0.2, 0.25) is 0 Å². The Labute approximate surface area is 108 Å². The zero-order valence-corrected chi connectivity index (χ0v) is 10.8. The molecule has 0 aromatic carbocycles. The molecule has 0 atom stereocenters. The smallest absolute Gasteiger partial charge is 0.266 e. The molecule has 0 unspecified atom stereocenters. The lowest BCUT2D eigenvalue weighted by molar-refractivity contribution is -0.122. The number of hydrogen-bond acceptors (Lipinski definition) is 5. The Hall–Kier alpha value is -1.11. The number of aryl methyl sites for hydroxylation is 1. The number of aliphatic hydroxyl groups excluding tert-OH is 1. The fourth-order valence-electron chi connectivity index (χ4n) is 1.45. The molecule has 2 heterocycles. The molecule has 0 bridgehead atoms. The number of β-amino-alcohol motifs (C(OH)–C–C–N with tert-alkyl or cyclic N) is 1. The molecule has 1 aromatic heterocycles. The highest BCUT2D eigenvalue weighted by Gasteiger charge is 2.31. The number of carbonyl (C=O) groups excluding carboxylic acids is 1. The number of nitrogens with zero attached hydrogens (tertiary/aromatic N) is 1. The van der Waals surface area contributed by atoms with Gasteiger partial charge in [0.05, 0.1) is 18.1 Å². The summed E-state index contributed by atoms with van der Waals surface area (Å²) in [6, 6.07) is 3.63. The summed E-state index contributed by atoms with van der Waals surface area (Å²) >= 11 is 6.29. The van der Waals surface area contributed by atoms with Crippen molar-refractivity contribution in [3.05, 3.63) is 28.6 Å². The van der Waals surface area contributed by atoms with Gasteiger partial charge in [-0.15, -0.1) is 0 Å². The first kappa shape index (κ1) is 12.3. The normalized spacial score (nSPS) is 18.5. The van der Waals surface area contributed by atoms with Crippen molar-refractivity contribution in [2.75, 3.05) is 13.2 Å². The maximum Gasteiger partial charge on any atom is 0.266 e. The zero-order valence-electron chi connectivity index (χ0n) is 9.17. The van der Waals surface area contributed by atoms with Gasteiger partial charge in [-0.1, -0.05) is 24.0 Å². The van der Waals surface area contributed by atoms with Crippen molar-refractivity contribution < 1.29 is 14.3 Å². The third kappa shape index (κ3) is 2.59. The highest BCUT2D eigenvalue weighted by atomic mass is 32.2. The molecule has 1 aliphatic heterocycles. The van der Waals surface area contributed by atoms with Gasteiger partial charge in [0.1, 0.15) is 15.8 Å². The van der Waals surface area contributed by atoms with E-state index in [-0.39, 0.29) is 19.1 Å². The Bertz CT molecular complexity index is 493. The van der Waals surface area contributed by atoms with Crippen LogP contribution in [-0.4, -0.2) is 33.4 Å². The van der Waals surface area contributed by atoms with Gasteiger partial charge < -0.3 is 9.52 Å². The molecule has 2 rings (SSSR count). The van der Waals surface area contributed by atoms with Gasteiger partial charge >= 0.3 is 0 Å². The first-order chi connectivity index (χ1) is 8.11. The second kappa shape index (κ2) is 5.03. The Kier molecular flexibility index (Phi) is 3.66. The second-order valence-corrected chi connectivity index (χ2v) is 5.18. The highest BCUT2D eigenvalue weighted by molar-refractivity contribution is 8.26. The van der Waals surface area contributed by atoms with E-state index in [0.717, 1.165) is 5.76 Å². The predicted octanol–water partition coefficient (Wildman–Crippen LogP) is 1.78. The molecule has 1 fully saturated rings. The number of amides is 1. The minimum Gasteiger partial charge on any atom is -0.462 e. The van der Waals surface area contributed by atoms with Crippen LogP contribution < -0.4 is 0 Å². The van der Waals surface area contributed by atoms with Crippen molar-refractivity contribution in [2.24, 2.45) is 0 Å². The van der Waals surface area contributed by atoms with E-state index in [4.69, 9.17) is 21.7 Å². The molecular weight excluding hydrogens is 258 g/mol. The van der Waals surface area contributed by atoms with E-state index < -0.39 is 0 Å². The lowest BCUT2D eigenvalue weighted by Gasteiger charge is -2.11. The Morgan fingerprint density at radius 2 is 2.35 bits per heavy atom. The average Bonchev–Trinajstić information content (AvgIpc) is 2.79. The number of furan rings is 1. The molecule has 0 saturated carbocycles. The summed E-state index contributed by atoms with van der Waals surface area (Å²) in [7, 11) is 0. The minimum atomic E-state index is -0.178. The lowest BCUT2D eigenvalue weighted by Crippen LogP contribution is -2.30. The molecule has 0 aliphatic carbocycles. The van der Waals surface area contributed by atoms with Gasteiger partial charge in [0.15, 0.2) is 0 Å². The van der Waals surface area contributed by atoms with Crippen LogP contribution in [0.1, 0.15) is 11.5 Å². The van der Waals surface area contributed by atoms with E-state index in [1.54, 1.807) is 12.1 Å². The van der Waals surface area contributed by atoms with Crippen molar-refractivity contribution in [1.29, 1.82) is 0 Å². The van der Waals surface area contributed by atoms with E-state index in [1.807, 2.05) is 13.0 Å². The van der Waals surface area contributed by atoms with Crippen molar-refractivity contribution in [3.8, 4) is 0 Å². The van der Waals surface area contributed by atoms with Gasteiger partial charge in [-0.25, -0.2) is 0 Å². The summed E-state index contributed by atoms with van der Waals surface area (Å²) in [6.07, 6.45) is 1.67. The standard InChI is InChI=1S/C11H11NO3S2/c1-7-2-3-8(15-7)6-9-10(14)12(4-5-13)11(16)17-9/h2-3,6,13H,4-5H2,1H3/b9-6-. The second-order valence-electron chi connectivity index (χ2n) is 3.51. The highest BCUT2D eigenvalue weighted by Crippen LogP contribution is 2.32. The van der Waals surface area contributed by atoms with Gasteiger partial charge in [0.2, 0.25) is 0 Å². The van der Waals surface area contributed by atoms with Crippen LogP contribution in [0.25, 0.3) is 6.08 Å². The van der Waals surface area contributed by atoms with Crippen LogP contribution in [0.4, 0.5) is 0 Å². The number of hydrogen-bond donors (Lipinski definition) is 1. The van der Waals surface area contributed by atoms with E-state index >= 15 is 0 Å². The van der Waals surface area contributed by atoms with Gasteiger partial charge in [-0.2, -0.15) is 0 Å². The van der Waals surface area contributed by atoms with Crippen molar-refractivity contribution >= 4 is 40.3 Å². The minimum absolute atomic E-state index is 0.0976. The number of aliphatic hydroxyl groups is 1. The van der Waals surface area contributed by atoms with E-state index in [9.17, 15) is 4.79 Å². The lowest BCUT2D eigenvalue weighted by atomic mass is 10.3. The molecular formula is C11H11NO3S2. The summed E-state index contributed by atoms with van der Waals surface area (Å²) in [6.45, 7) is 1.98. The number of carbonyl (C=O) groups is 1. The molecule has 0 radical (unpaired) electrons. The summed E-state index contributed by atoms with van der Waals surface area (Å²) < 4.78 is 5.84. The zero-order chi connectivity index (χ0) is 12.4. The van der Waals surface area contributed by atoms with E-state index in [1.165, 1.54) is 16.7 Å². The molecule has 1 N–H and O–H groups in total. The van der Waals surface area contributed by atoms with Crippen LogP contribution in [-0.2, 0) is 4.79 Å². The van der Waals surface area contributed by atoms with Crippen LogP contribution in [0.5, 0.6) is 0 Å². The van der Waals surface area contributed by atoms with Crippen LogP contribution in [0, 0.1) is 6.92 Å². The number of thioether (sulfide) groups is 1. The largest absolute Gasteiger partial charge is 0.462 e. The maximum absolute atomic E-state index is 11.9. The van der Waals surface area contributed by atoms with Crippen LogP contribution in [0.3, 0.4) is 0 Å². The van der Waals surface area contributed by atoms with Gasteiger partial charge in [0, 0.05) is 6.08 Å². The summed E-state index contributed by atoms with van der Waals surface area (Å²) in [5.74, 6) is 1.25. The molecule has 1 aromatic rings. The molecule has 6 heteroatoms. The monoisotopic (exact) mass is 269 g/mol. The molecule has 4 nitrogen and oxygen atoms in total. The summed E-state index contributed by atoms with van der Waals surface area (Å²) in [4.78, 5) is 13.8. The quantitative estimate of drug-likeness (QED) is 0.669. The summed E-state index contributed by atoms with van der Waals surface area (Å²) in [5.41, 5.74) is 0. The van der Waals surface area contributed by atoms with Crippen molar-refractivity contribution in [2.45, 2.75) is 6.92 Å². The Balaban J connectivity index is 2.21. The van der Waals surface area contributed by atoms with Gasteiger partial charge in [-0.05, 0) is 19.1 Å². The average molecular weight is 269 g/mol. The topological polar surface area (TPSA) is 53.7 Å². The molecule has 1 aliphatic rings. The Morgan fingerprint density at radius 1 is 1.59 bits per heavy atom. The maximum atomic E-state index is 11.9. The first-order valence-electron chi connectivity index (χ1n) is 5.04. The Morgan fingerprint density at radius 3 is 2.94 bits per heavy atom. The predicted molar refractivity (Wildman–Crippen MR) is 70.4 cm³/mol. The van der Waals surface area contributed by atoms with Crippen molar-refractivity contribution in [3.63, 3.8) is 0 Å². The van der Waals surface area contributed by atoms with Crippen LogP contribution in [0.15, 0.2) is 21.5 Å². The molecule has 0 spiro atoms. The number of thiocarbonyl (C=S) groups is 1. The van der Waals surface area contributed by atoms with E-state index in [2.05, 4.69) is 0 Å². The van der Waals surface area contributed by atoms with Crippen LogP contribution >= 0.6 is 24.0 Å². The first-order valence-corrected chi connectivity index (χ1v) is 6.27. The SMILES string of the molecule is Cc1ccc(/C=C2\SC(=S)N(CCO)C2=O)o1. The summed E-state index contributed by atoms with van der Waals surface area (Å²) in [5, 5.41) is 8.84. The molecule has 1 saturated heterocycles. The van der Waals surface area contributed by atoms with Crippen molar-refractivity contribution in [1.82, 2.24) is 4.90 Å². The fourth-order valence-corrected chi connectivity index (χ4v) is 2.74. The van der Waals surface area contributed by atoms with Gasteiger partial charge in [-0.3, -0.25) is 9.69 Å². The molecule has 17 heavy (non-hydrogen) atoms. The molecule has 90 valence electrons. The van der Waals surface area contributed by atoms with Gasteiger partial charge in [0.25, 0.3) is 5.91 Å². The fraction of sp³-hybridized carbons (Fsp3) is 0.273. The molecule has 1 amide bonds. The number of rotatable bonds is 3. The third-order valence-electron chi connectivity index (χ3n) is 2.23.